The second-order valence-electron chi connectivity index (χ2n) is 5.12. The van der Waals surface area contributed by atoms with Gasteiger partial charge >= 0.3 is 5.97 Å². The van der Waals surface area contributed by atoms with Gasteiger partial charge in [-0.15, -0.1) is 0 Å². The monoisotopic (exact) mass is 233 g/mol. The Hall–Kier alpha value is -1.35. The van der Waals surface area contributed by atoms with Gasteiger partial charge in [0.2, 0.25) is 0 Å². The van der Waals surface area contributed by atoms with Gasteiger partial charge in [-0.05, 0) is 44.7 Å². The van der Waals surface area contributed by atoms with Crippen molar-refractivity contribution in [1.82, 2.24) is 5.32 Å². The lowest BCUT2D eigenvalue weighted by atomic mass is 9.91. The van der Waals surface area contributed by atoms with Gasteiger partial charge in [0, 0.05) is 0 Å². The molecule has 0 bridgehead atoms. The highest BCUT2D eigenvalue weighted by atomic mass is 16.4. The summed E-state index contributed by atoms with van der Waals surface area (Å²) in [6.45, 7) is 4.53. The summed E-state index contributed by atoms with van der Waals surface area (Å²) in [5.74, 6) is -0.152. The van der Waals surface area contributed by atoms with Crippen molar-refractivity contribution in [1.29, 1.82) is 0 Å². The number of carboxylic acid groups (broad SMARTS) is 1. The Kier molecular flexibility index (Phi) is 3.20. The first kappa shape index (κ1) is 12.1. The Bertz CT molecular complexity index is 409. The van der Waals surface area contributed by atoms with Gasteiger partial charge < -0.3 is 5.11 Å². The maximum absolute atomic E-state index is 11.5. The highest BCUT2D eigenvalue weighted by molar-refractivity contribution is 5.80. The van der Waals surface area contributed by atoms with E-state index < -0.39 is 11.5 Å². The Labute approximate surface area is 102 Å². The predicted octanol–water partition coefficient (Wildman–Crippen LogP) is 2.29. The van der Waals surface area contributed by atoms with E-state index in [0.29, 0.717) is 5.92 Å². The third-order valence-corrected chi connectivity index (χ3v) is 3.50. The van der Waals surface area contributed by atoms with Gasteiger partial charge in [-0.1, -0.05) is 29.8 Å². The SMILES string of the molecule is Cc1ccc(C(C)(NCC2CC2)C(=O)O)cc1. The number of benzene rings is 1. The summed E-state index contributed by atoms with van der Waals surface area (Å²) in [4.78, 5) is 11.5. The maximum Gasteiger partial charge on any atom is 0.328 e. The summed E-state index contributed by atoms with van der Waals surface area (Å²) < 4.78 is 0. The fourth-order valence-corrected chi connectivity index (χ4v) is 1.86. The zero-order valence-electron chi connectivity index (χ0n) is 10.4. The van der Waals surface area contributed by atoms with Crippen LogP contribution < -0.4 is 5.32 Å². The molecule has 0 heterocycles. The fourth-order valence-electron chi connectivity index (χ4n) is 1.86. The quantitative estimate of drug-likeness (QED) is 0.820. The molecule has 0 aliphatic heterocycles. The van der Waals surface area contributed by atoms with Gasteiger partial charge in [0.1, 0.15) is 5.54 Å². The van der Waals surface area contributed by atoms with Crippen LogP contribution in [0.15, 0.2) is 24.3 Å². The molecule has 17 heavy (non-hydrogen) atoms. The van der Waals surface area contributed by atoms with Crippen molar-refractivity contribution in [3.8, 4) is 0 Å². The highest BCUT2D eigenvalue weighted by Crippen LogP contribution is 2.30. The first-order chi connectivity index (χ1) is 8.02. The normalized spacial score (nSPS) is 18.7. The van der Waals surface area contributed by atoms with Crippen LogP contribution in [0.1, 0.15) is 30.9 Å². The third-order valence-electron chi connectivity index (χ3n) is 3.50. The van der Waals surface area contributed by atoms with Crippen LogP contribution >= 0.6 is 0 Å². The Morgan fingerprint density at radius 3 is 2.47 bits per heavy atom. The summed E-state index contributed by atoms with van der Waals surface area (Å²) in [6, 6.07) is 7.69. The van der Waals surface area contributed by atoms with E-state index in [4.69, 9.17) is 0 Å². The summed E-state index contributed by atoms with van der Waals surface area (Å²) in [7, 11) is 0. The topological polar surface area (TPSA) is 49.3 Å². The van der Waals surface area contributed by atoms with Crippen LogP contribution in [0, 0.1) is 12.8 Å². The van der Waals surface area contributed by atoms with E-state index in [0.717, 1.165) is 17.7 Å². The number of carboxylic acids is 1. The van der Waals surface area contributed by atoms with Gasteiger partial charge in [-0.2, -0.15) is 0 Å². The van der Waals surface area contributed by atoms with Gasteiger partial charge in [0.25, 0.3) is 0 Å². The van der Waals surface area contributed by atoms with Crippen LogP contribution in [-0.4, -0.2) is 17.6 Å². The zero-order valence-corrected chi connectivity index (χ0v) is 10.4. The van der Waals surface area contributed by atoms with Crippen LogP contribution in [-0.2, 0) is 10.3 Å². The van der Waals surface area contributed by atoms with Crippen molar-refractivity contribution in [2.75, 3.05) is 6.54 Å². The first-order valence-electron chi connectivity index (χ1n) is 6.08. The second kappa shape index (κ2) is 4.49. The molecule has 3 nitrogen and oxygen atoms in total. The summed E-state index contributed by atoms with van der Waals surface area (Å²) in [5, 5.41) is 12.6. The molecule has 1 aliphatic rings. The molecule has 92 valence electrons. The van der Waals surface area contributed by atoms with Crippen LogP contribution in [0.2, 0.25) is 0 Å². The standard InChI is InChI=1S/C14H19NO2/c1-10-3-7-12(8-4-10)14(2,13(16)17)15-9-11-5-6-11/h3-4,7-8,11,15H,5-6,9H2,1-2H3,(H,16,17). The van der Waals surface area contributed by atoms with E-state index in [1.807, 2.05) is 31.2 Å². The molecule has 1 aromatic carbocycles. The molecule has 0 spiro atoms. The van der Waals surface area contributed by atoms with E-state index in [1.54, 1.807) is 6.92 Å². The van der Waals surface area contributed by atoms with E-state index in [9.17, 15) is 9.90 Å². The number of nitrogens with one attached hydrogen (secondary N) is 1. The lowest BCUT2D eigenvalue weighted by Gasteiger charge is -2.27. The van der Waals surface area contributed by atoms with Gasteiger partial charge in [0.05, 0.1) is 0 Å². The molecule has 1 saturated carbocycles. The smallest absolute Gasteiger partial charge is 0.328 e. The van der Waals surface area contributed by atoms with Crippen molar-refractivity contribution >= 4 is 5.97 Å². The largest absolute Gasteiger partial charge is 0.480 e. The minimum Gasteiger partial charge on any atom is -0.480 e. The molecule has 1 aliphatic carbocycles. The Morgan fingerprint density at radius 1 is 1.41 bits per heavy atom. The molecule has 1 atom stereocenters. The average Bonchev–Trinajstić information content (AvgIpc) is 3.10. The van der Waals surface area contributed by atoms with Gasteiger partial charge in [-0.25, -0.2) is 4.79 Å². The molecule has 1 fully saturated rings. The minimum atomic E-state index is -0.976. The summed E-state index contributed by atoms with van der Waals surface area (Å²) >= 11 is 0. The number of rotatable bonds is 5. The maximum atomic E-state index is 11.5. The number of hydrogen-bond donors (Lipinski definition) is 2. The molecule has 0 amide bonds. The number of aliphatic carboxylic acids is 1. The molecule has 2 N–H and O–H groups in total. The third kappa shape index (κ3) is 2.67. The minimum absolute atomic E-state index is 0.666. The predicted molar refractivity (Wildman–Crippen MR) is 66.9 cm³/mol. The first-order valence-corrected chi connectivity index (χ1v) is 6.08. The van der Waals surface area contributed by atoms with Crippen molar-refractivity contribution in [2.45, 2.75) is 32.2 Å². The van der Waals surface area contributed by atoms with Crippen LogP contribution in [0.3, 0.4) is 0 Å². The van der Waals surface area contributed by atoms with Crippen molar-refractivity contribution in [2.24, 2.45) is 5.92 Å². The number of aryl methyl sites for hydroxylation is 1. The van der Waals surface area contributed by atoms with Crippen LogP contribution in [0.4, 0.5) is 0 Å². The van der Waals surface area contributed by atoms with E-state index >= 15 is 0 Å². The number of carbonyl (C=O) groups is 1. The van der Waals surface area contributed by atoms with Crippen molar-refractivity contribution < 1.29 is 9.90 Å². The average molecular weight is 233 g/mol. The molecular weight excluding hydrogens is 214 g/mol. The lowest BCUT2D eigenvalue weighted by molar-refractivity contribution is -0.144. The molecule has 3 heteroatoms. The summed E-state index contributed by atoms with van der Waals surface area (Å²) in [6.07, 6.45) is 2.44. The van der Waals surface area contributed by atoms with Gasteiger partial charge in [-0.3, -0.25) is 5.32 Å². The molecule has 2 rings (SSSR count). The number of hydrogen-bond acceptors (Lipinski definition) is 2. The van der Waals surface area contributed by atoms with E-state index in [-0.39, 0.29) is 0 Å². The molecule has 1 unspecified atom stereocenters. The fraction of sp³-hybridized carbons (Fsp3) is 0.500. The van der Waals surface area contributed by atoms with Crippen LogP contribution in [0.5, 0.6) is 0 Å². The lowest BCUT2D eigenvalue weighted by Crippen LogP contribution is -2.47. The molecular formula is C14H19NO2. The van der Waals surface area contributed by atoms with Crippen molar-refractivity contribution in [3.63, 3.8) is 0 Å². The zero-order chi connectivity index (χ0) is 12.5. The Morgan fingerprint density at radius 2 is 2.00 bits per heavy atom. The molecule has 1 aromatic rings. The van der Waals surface area contributed by atoms with Gasteiger partial charge in [0.15, 0.2) is 0 Å². The molecule has 0 saturated heterocycles. The molecule has 0 radical (unpaired) electrons. The summed E-state index contributed by atoms with van der Waals surface area (Å²) in [5.41, 5.74) is 0.982. The van der Waals surface area contributed by atoms with Crippen molar-refractivity contribution in [3.05, 3.63) is 35.4 Å². The van der Waals surface area contributed by atoms with Crippen LogP contribution in [0.25, 0.3) is 0 Å². The second-order valence-corrected chi connectivity index (χ2v) is 5.12. The Balaban J connectivity index is 2.19. The molecule has 0 aromatic heterocycles. The highest BCUT2D eigenvalue weighted by Gasteiger charge is 2.36. The van der Waals surface area contributed by atoms with E-state index in [2.05, 4.69) is 5.32 Å². The van der Waals surface area contributed by atoms with E-state index in [1.165, 1.54) is 12.8 Å².